The maximum Gasteiger partial charge on any atom is 0.224 e. The van der Waals surface area contributed by atoms with Crippen LogP contribution in [0.4, 0.5) is 10.1 Å². The van der Waals surface area contributed by atoms with Crippen LogP contribution in [-0.2, 0) is 4.79 Å². The van der Waals surface area contributed by atoms with Crippen LogP contribution in [0.25, 0.3) is 55.4 Å². The predicted octanol–water partition coefficient (Wildman–Crippen LogP) is 6.66. The molecule has 0 aliphatic carbocycles. The van der Waals surface area contributed by atoms with E-state index in [1.54, 1.807) is 24.8 Å². The van der Waals surface area contributed by atoms with Crippen molar-refractivity contribution in [2.24, 2.45) is 5.92 Å². The summed E-state index contributed by atoms with van der Waals surface area (Å²) >= 11 is 0. The molecule has 0 radical (unpaired) electrons. The molecule has 0 saturated carbocycles. The maximum absolute atomic E-state index is 14.0. The zero-order chi connectivity index (χ0) is 27.1. The minimum atomic E-state index is -0.526. The molecular weight excluding hydrogens is 495 g/mol. The third-order valence-corrected chi connectivity index (χ3v) is 6.51. The molecule has 1 amide bonds. The maximum atomic E-state index is 14.0. The Hall–Kier alpha value is -5.05. The fourth-order valence-electron chi connectivity index (χ4n) is 4.79. The minimum Gasteiger partial charge on any atom is -0.508 e. The Labute approximate surface area is 223 Å². The average Bonchev–Trinajstić information content (AvgIpc) is 3.51. The molecule has 4 heterocycles. The number of aromatic hydroxyl groups is 1. The van der Waals surface area contributed by atoms with Crippen LogP contribution in [0, 0.1) is 11.7 Å². The zero-order valence-electron chi connectivity index (χ0n) is 21.3. The molecule has 4 N–H and O–H groups in total. The van der Waals surface area contributed by atoms with Crippen molar-refractivity contribution in [2.75, 3.05) is 5.32 Å². The average molecular weight is 521 g/mol. The number of aromatic amines is 2. The first kappa shape index (κ1) is 24.3. The molecular formula is C30H25FN6O2. The van der Waals surface area contributed by atoms with Crippen molar-refractivity contribution < 1.29 is 14.3 Å². The molecule has 39 heavy (non-hydrogen) atoms. The van der Waals surface area contributed by atoms with E-state index in [0.29, 0.717) is 28.9 Å². The molecule has 194 valence electrons. The summed E-state index contributed by atoms with van der Waals surface area (Å²) in [5.41, 5.74) is 6.73. The summed E-state index contributed by atoms with van der Waals surface area (Å²) in [6.07, 6.45) is 7.18. The van der Waals surface area contributed by atoms with Gasteiger partial charge < -0.3 is 15.4 Å². The number of aromatic nitrogens is 5. The highest BCUT2D eigenvalue weighted by Gasteiger charge is 2.16. The standard InChI is InChI=1S/C30H25FN6O2/c1-16(2)5-29(39)34-21-7-19(12-32-13-21)17-3-4-26-24(9-17)30(37-36-26)27-11-23-25(14-33-15-28(23)35-27)18-6-20(31)10-22(38)8-18/h3-4,6-16,35,38H,5H2,1-2H3,(H,34,39)(H,36,37). The first-order valence-corrected chi connectivity index (χ1v) is 12.5. The van der Waals surface area contributed by atoms with Gasteiger partial charge in [-0.15, -0.1) is 0 Å². The summed E-state index contributed by atoms with van der Waals surface area (Å²) in [7, 11) is 0. The smallest absolute Gasteiger partial charge is 0.224 e. The zero-order valence-corrected chi connectivity index (χ0v) is 21.3. The van der Waals surface area contributed by atoms with Gasteiger partial charge in [-0.3, -0.25) is 19.9 Å². The molecule has 6 aromatic rings. The number of nitrogens with one attached hydrogen (secondary N) is 3. The number of phenols is 1. The van der Waals surface area contributed by atoms with Crippen molar-refractivity contribution in [1.29, 1.82) is 0 Å². The molecule has 0 aliphatic heterocycles. The first-order chi connectivity index (χ1) is 18.8. The highest BCUT2D eigenvalue weighted by Crippen LogP contribution is 2.36. The molecule has 4 aromatic heterocycles. The van der Waals surface area contributed by atoms with Crippen LogP contribution in [0.15, 0.2) is 73.3 Å². The SMILES string of the molecule is CC(C)CC(=O)Nc1cncc(-c2ccc3[nH]nc(-c4cc5c(-c6cc(O)cc(F)c6)cncc5[nH]4)c3c2)c1. The number of carbonyl (C=O) groups excluding carboxylic acids is 1. The molecule has 0 saturated heterocycles. The normalized spacial score (nSPS) is 11.5. The number of benzene rings is 2. The monoisotopic (exact) mass is 520 g/mol. The van der Waals surface area contributed by atoms with Gasteiger partial charge in [-0.2, -0.15) is 5.10 Å². The van der Waals surface area contributed by atoms with E-state index in [2.05, 4.69) is 30.5 Å². The Balaban J connectivity index is 1.39. The van der Waals surface area contributed by atoms with E-state index >= 15 is 0 Å². The van der Waals surface area contributed by atoms with Crippen LogP contribution in [0.5, 0.6) is 5.75 Å². The highest BCUT2D eigenvalue weighted by molar-refractivity contribution is 6.01. The van der Waals surface area contributed by atoms with Crippen molar-refractivity contribution in [3.05, 3.63) is 79.1 Å². The van der Waals surface area contributed by atoms with E-state index in [4.69, 9.17) is 0 Å². The first-order valence-electron chi connectivity index (χ1n) is 12.5. The molecule has 0 spiro atoms. The number of anilines is 1. The Morgan fingerprint density at radius 2 is 1.77 bits per heavy atom. The van der Waals surface area contributed by atoms with Gasteiger partial charge in [-0.05, 0) is 53.4 Å². The molecule has 0 bridgehead atoms. The van der Waals surface area contributed by atoms with Gasteiger partial charge >= 0.3 is 0 Å². The molecule has 2 aromatic carbocycles. The van der Waals surface area contributed by atoms with Gasteiger partial charge in [-0.25, -0.2) is 4.39 Å². The second kappa shape index (κ2) is 9.68. The van der Waals surface area contributed by atoms with Gasteiger partial charge in [0.15, 0.2) is 0 Å². The van der Waals surface area contributed by atoms with Crippen LogP contribution < -0.4 is 5.32 Å². The molecule has 0 unspecified atom stereocenters. The largest absolute Gasteiger partial charge is 0.508 e. The molecule has 8 nitrogen and oxygen atoms in total. The third-order valence-electron chi connectivity index (χ3n) is 6.51. The number of hydrogen-bond acceptors (Lipinski definition) is 5. The molecule has 6 rings (SSSR count). The summed E-state index contributed by atoms with van der Waals surface area (Å²) in [5, 5.41) is 22.2. The van der Waals surface area contributed by atoms with Crippen LogP contribution in [0.2, 0.25) is 0 Å². The number of carbonyl (C=O) groups is 1. The third kappa shape index (κ3) is 4.82. The summed E-state index contributed by atoms with van der Waals surface area (Å²) in [5.74, 6) is -0.457. The van der Waals surface area contributed by atoms with Crippen molar-refractivity contribution in [3.8, 4) is 39.4 Å². The number of phenolic OH excluding ortho intramolecular Hbond substituents is 1. The summed E-state index contributed by atoms with van der Waals surface area (Å²) in [6, 6.07) is 13.8. The summed E-state index contributed by atoms with van der Waals surface area (Å²) in [6.45, 7) is 4.01. The number of amides is 1. The summed E-state index contributed by atoms with van der Waals surface area (Å²) < 4.78 is 14.0. The minimum absolute atomic E-state index is 0.0438. The quantitative estimate of drug-likeness (QED) is 0.196. The highest BCUT2D eigenvalue weighted by atomic mass is 19.1. The van der Waals surface area contributed by atoms with E-state index in [-0.39, 0.29) is 17.6 Å². The van der Waals surface area contributed by atoms with Gasteiger partial charge in [0.1, 0.15) is 17.3 Å². The van der Waals surface area contributed by atoms with E-state index in [0.717, 1.165) is 44.7 Å². The Morgan fingerprint density at radius 1 is 0.923 bits per heavy atom. The van der Waals surface area contributed by atoms with Crippen molar-refractivity contribution >= 4 is 33.4 Å². The number of hydrogen-bond donors (Lipinski definition) is 4. The van der Waals surface area contributed by atoms with Crippen LogP contribution in [0.1, 0.15) is 20.3 Å². The fourth-order valence-corrected chi connectivity index (χ4v) is 4.79. The van der Waals surface area contributed by atoms with Gasteiger partial charge in [0.05, 0.1) is 34.8 Å². The van der Waals surface area contributed by atoms with E-state index in [1.807, 2.05) is 44.2 Å². The number of fused-ring (bicyclic) bond motifs is 2. The molecule has 0 aliphatic rings. The molecule has 0 fully saturated rings. The molecule has 0 atom stereocenters. The lowest BCUT2D eigenvalue weighted by molar-refractivity contribution is -0.116. The van der Waals surface area contributed by atoms with E-state index < -0.39 is 5.82 Å². The van der Waals surface area contributed by atoms with Crippen molar-refractivity contribution in [1.82, 2.24) is 25.1 Å². The van der Waals surface area contributed by atoms with Crippen molar-refractivity contribution in [2.45, 2.75) is 20.3 Å². The van der Waals surface area contributed by atoms with E-state index in [9.17, 15) is 14.3 Å². The van der Waals surface area contributed by atoms with Gasteiger partial charge in [-0.1, -0.05) is 19.9 Å². The Kier molecular flexibility index (Phi) is 6.03. The number of nitrogens with zero attached hydrogens (tertiary/aromatic N) is 3. The Morgan fingerprint density at radius 3 is 2.59 bits per heavy atom. The number of H-pyrrole nitrogens is 2. The topological polar surface area (TPSA) is 120 Å². The molecule has 9 heteroatoms. The van der Waals surface area contributed by atoms with Crippen LogP contribution in [-0.4, -0.2) is 36.2 Å². The van der Waals surface area contributed by atoms with Crippen molar-refractivity contribution in [3.63, 3.8) is 0 Å². The van der Waals surface area contributed by atoms with Gasteiger partial charge in [0.25, 0.3) is 0 Å². The lowest BCUT2D eigenvalue weighted by Crippen LogP contribution is -2.13. The second-order valence-corrected chi connectivity index (χ2v) is 9.97. The van der Waals surface area contributed by atoms with Gasteiger partial charge in [0.2, 0.25) is 5.91 Å². The van der Waals surface area contributed by atoms with Crippen LogP contribution >= 0.6 is 0 Å². The number of halogens is 1. The van der Waals surface area contributed by atoms with Crippen LogP contribution in [0.3, 0.4) is 0 Å². The Bertz CT molecular complexity index is 1840. The second-order valence-electron chi connectivity index (χ2n) is 9.97. The number of rotatable bonds is 6. The van der Waals surface area contributed by atoms with Gasteiger partial charge in [0, 0.05) is 46.8 Å². The lowest BCUT2D eigenvalue weighted by Gasteiger charge is -2.09. The fraction of sp³-hybridized carbons (Fsp3) is 0.133. The predicted molar refractivity (Wildman–Crippen MR) is 150 cm³/mol. The lowest BCUT2D eigenvalue weighted by atomic mass is 10.0. The van der Waals surface area contributed by atoms with E-state index in [1.165, 1.54) is 12.1 Å². The summed E-state index contributed by atoms with van der Waals surface area (Å²) in [4.78, 5) is 24.2. The number of pyridine rings is 2.